The van der Waals surface area contributed by atoms with Gasteiger partial charge >= 0.3 is 0 Å². The van der Waals surface area contributed by atoms with Crippen LogP contribution in [0.5, 0.6) is 0 Å². The highest BCUT2D eigenvalue weighted by Gasteiger charge is 2.27. The lowest BCUT2D eigenvalue weighted by molar-refractivity contribution is -0.130. The molecule has 1 aliphatic rings. The largest absolute Gasteiger partial charge is 0.338 e. The van der Waals surface area contributed by atoms with Crippen LogP contribution in [-0.2, 0) is 9.59 Å². The fraction of sp³-hybridized carbons (Fsp3) is 0.238. The number of nitrogens with zero attached hydrogens (tertiary/aromatic N) is 1. The highest BCUT2D eigenvalue weighted by atomic mass is 35.5. The summed E-state index contributed by atoms with van der Waals surface area (Å²) < 4.78 is 0. The van der Waals surface area contributed by atoms with Crippen LogP contribution in [0.4, 0.5) is 5.69 Å². The van der Waals surface area contributed by atoms with E-state index in [2.05, 4.69) is 5.32 Å². The van der Waals surface area contributed by atoms with Crippen LogP contribution in [0, 0.1) is 5.92 Å². The lowest BCUT2D eigenvalue weighted by atomic mass is 9.97. The van der Waals surface area contributed by atoms with Gasteiger partial charge in [0.25, 0.3) is 0 Å². The lowest BCUT2D eigenvalue weighted by Gasteiger charge is -2.31. The van der Waals surface area contributed by atoms with Gasteiger partial charge in [0.15, 0.2) is 0 Å². The van der Waals surface area contributed by atoms with Crippen LogP contribution >= 0.6 is 11.6 Å². The Balaban J connectivity index is 1.57. The minimum Gasteiger partial charge on any atom is -0.338 e. The van der Waals surface area contributed by atoms with Gasteiger partial charge in [-0.05, 0) is 48.7 Å². The zero-order valence-corrected chi connectivity index (χ0v) is 15.2. The van der Waals surface area contributed by atoms with Crippen molar-refractivity contribution in [3.8, 4) is 0 Å². The molecule has 0 saturated carbocycles. The highest BCUT2D eigenvalue weighted by Crippen LogP contribution is 2.19. The monoisotopic (exact) mass is 368 g/mol. The summed E-state index contributed by atoms with van der Waals surface area (Å²) in [5, 5.41) is 3.59. The zero-order valence-electron chi connectivity index (χ0n) is 14.4. The van der Waals surface area contributed by atoms with E-state index >= 15 is 0 Å². The summed E-state index contributed by atoms with van der Waals surface area (Å²) in [5.74, 6) is -0.288. The third-order valence-corrected chi connectivity index (χ3v) is 4.69. The molecule has 0 unspecified atom stereocenters. The Morgan fingerprint density at radius 3 is 2.54 bits per heavy atom. The molecule has 5 heteroatoms. The van der Waals surface area contributed by atoms with Crippen molar-refractivity contribution in [1.82, 2.24) is 4.90 Å². The second-order valence-corrected chi connectivity index (χ2v) is 6.80. The number of halogens is 1. The number of carbonyl (C=O) groups is 2. The minimum atomic E-state index is -0.183. The molecule has 1 fully saturated rings. The van der Waals surface area contributed by atoms with Crippen LogP contribution in [-0.4, -0.2) is 29.8 Å². The number of nitrogens with one attached hydrogen (secondary N) is 1. The van der Waals surface area contributed by atoms with Crippen molar-refractivity contribution in [3.05, 3.63) is 71.3 Å². The fourth-order valence-corrected chi connectivity index (χ4v) is 3.13. The Labute approximate surface area is 158 Å². The van der Waals surface area contributed by atoms with Gasteiger partial charge in [-0.25, -0.2) is 0 Å². The van der Waals surface area contributed by atoms with Gasteiger partial charge in [0.2, 0.25) is 11.8 Å². The van der Waals surface area contributed by atoms with Crippen molar-refractivity contribution in [3.63, 3.8) is 0 Å². The van der Waals surface area contributed by atoms with Crippen LogP contribution in [0.15, 0.2) is 60.7 Å². The molecule has 0 bridgehead atoms. The first-order valence-corrected chi connectivity index (χ1v) is 9.08. The number of likely N-dealkylation sites (tertiary alicyclic amines) is 1. The molecule has 0 radical (unpaired) electrons. The number of benzene rings is 2. The second kappa shape index (κ2) is 8.68. The molecule has 1 atom stereocenters. The highest BCUT2D eigenvalue weighted by molar-refractivity contribution is 6.30. The number of amides is 2. The third-order valence-electron chi connectivity index (χ3n) is 4.43. The van der Waals surface area contributed by atoms with E-state index in [0.717, 1.165) is 24.1 Å². The maximum absolute atomic E-state index is 12.5. The van der Waals surface area contributed by atoms with Crippen molar-refractivity contribution >= 4 is 35.2 Å². The molecule has 2 amide bonds. The van der Waals surface area contributed by atoms with E-state index in [1.165, 1.54) is 0 Å². The normalized spacial score (nSPS) is 17.3. The Morgan fingerprint density at radius 2 is 1.81 bits per heavy atom. The number of para-hydroxylation sites is 1. The Bertz CT molecular complexity index is 787. The van der Waals surface area contributed by atoms with E-state index in [1.54, 1.807) is 29.2 Å². The molecule has 1 aliphatic heterocycles. The topological polar surface area (TPSA) is 49.4 Å². The summed E-state index contributed by atoms with van der Waals surface area (Å²) in [7, 11) is 0. The van der Waals surface area contributed by atoms with Gasteiger partial charge in [-0.2, -0.15) is 0 Å². The smallest absolute Gasteiger partial charge is 0.246 e. The fourth-order valence-electron chi connectivity index (χ4n) is 3.00. The number of hydrogen-bond acceptors (Lipinski definition) is 2. The van der Waals surface area contributed by atoms with Gasteiger partial charge in [0.1, 0.15) is 0 Å². The van der Waals surface area contributed by atoms with Gasteiger partial charge in [-0.1, -0.05) is 41.9 Å². The molecule has 2 aromatic carbocycles. The van der Waals surface area contributed by atoms with Gasteiger partial charge in [0, 0.05) is 29.9 Å². The van der Waals surface area contributed by atoms with E-state index < -0.39 is 0 Å². The van der Waals surface area contributed by atoms with Crippen LogP contribution in [0.2, 0.25) is 5.02 Å². The standard InChI is InChI=1S/C21H21ClN2O2/c22-18-11-8-16(9-12-18)10-13-20(25)24-14-4-5-17(15-24)21(26)23-19-6-2-1-3-7-19/h1-3,6-13,17H,4-5,14-15H2,(H,23,26)/b13-10+/t17-/m0/s1. The first-order chi connectivity index (χ1) is 12.6. The number of anilines is 1. The van der Waals surface area contributed by atoms with Gasteiger partial charge in [-0.15, -0.1) is 0 Å². The summed E-state index contributed by atoms with van der Waals surface area (Å²) in [6.45, 7) is 1.13. The average molecular weight is 369 g/mol. The molecule has 2 aromatic rings. The maximum Gasteiger partial charge on any atom is 0.246 e. The van der Waals surface area contributed by atoms with Gasteiger partial charge in [-0.3, -0.25) is 9.59 Å². The minimum absolute atomic E-state index is 0.0321. The number of rotatable bonds is 4. The zero-order chi connectivity index (χ0) is 18.4. The number of carbonyl (C=O) groups excluding carboxylic acids is 2. The molecular weight excluding hydrogens is 348 g/mol. The van der Waals surface area contributed by atoms with Crippen LogP contribution in [0.3, 0.4) is 0 Å². The molecule has 4 nitrogen and oxygen atoms in total. The number of piperidine rings is 1. The van der Waals surface area contributed by atoms with E-state index in [9.17, 15) is 9.59 Å². The first-order valence-electron chi connectivity index (χ1n) is 8.70. The Hall–Kier alpha value is -2.59. The predicted octanol–water partition coefficient (Wildman–Crippen LogP) is 4.23. The van der Waals surface area contributed by atoms with E-state index in [0.29, 0.717) is 18.1 Å². The molecule has 0 spiro atoms. The van der Waals surface area contributed by atoms with E-state index in [-0.39, 0.29) is 17.7 Å². The molecule has 3 rings (SSSR count). The lowest BCUT2D eigenvalue weighted by Crippen LogP contribution is -2.43. The molecule has 0 aliphatic carbocycles. The van der Waals surface area contributed by atoms with Crippen molar-refractivity contribution < 1.29 is 9.59 Å². The van der Waals surface area contributed by atoms with Crippen LogP contribution < -0.4 is 5.32 Å². The summed E-state index contributed by atoms with van der Waals surface area (Å²) >= 11 is 5.86. The van der Waals surface area contributed by atoms with Crippen molar-refractivity contribution in [2.24, 2.45) is 5.92 Å². The van der Waals surface area contributed by atoms with Crippen molar-refractivity contribution in [1.29, 1.82) is 0 Å². The number of hydrogen-bond donors (Lipinski definition) is 1. The molecule has 1 heterocycles. The summed E-state index contributed by atoms with van der Waals surface area (Å²) in [4.78, 5) is 26.7. The molecule has 1 saturated heterocycles. The van der Waals surface area contributed by atoms with E-state index in [4.69, 9.17) is 11.6 Å². The SMILES string of the molecule is O=C(Nc1ccccc1)[C@H]1CCCN(C(=O)/C=C/c2ccc(Cl)cc2)C1. The van der Waals surface area contributed by atoms with Crippen LogP contribution in [0.1, 0.15) is 18.4 Å². The van der Waals surface area contributed by atoms with Crippen LogP contribution in [0.25, 0.3) is 6.08 Å². The molecular formula is C21H21ClN2O2. The van der Waals surface area contributed by atoms with E-state index in [1.807, 2.05) is 42.5 Å². The van der Waals surface area contributed by atoms with Crippen molar-refractivity contribution in [2.45, 2.75) is 12.8 Å². The van der Waals surface area contributed by atoms with Gasteiger partial charge in [0.05, 0.1) is 5.92 Å². The predicted molar refractivity (Wildman–Crippen MR) is 105 cm³/mol. The Kier molecular flexibility index (Phi) is 6.08. The summed E-state index contributed by atoms with van der Waals surface area (Å²) in [5.41, 5.74) is 1.70. The van der Waals surface area contributed by atoms with Gasteiger partial charge < -0.3 is 10.2 Å². The summed E-state index contributed by atoms with van der Waals surface area (Å²) in [6, 6.07) is 16.7. The molecule has 1 N–H and O–H groups in total. The molecule has 26 heavy (non-hydrogen) atoms. The maximum atomic E-state index is 12.5. The average Bonchev–Trinajstić information content (AvgIpc) is 2.68. The quantitative estimate of drug-likeness (QED) is 0.821. The Morgan fingerprint density at radius 1 is 1.08 bits per heavy atom. The third kappa shape index (κ3) is 4.96. The second-order valence-electron chi connectivity index (χ2n) is 6.36. The first kappa shape index (κ1) is 18.2. The molecule has 0 aromatic heterocycles. The molecule has 134 valence electrons. The summed E-state index contributed by atoms with van der Waals surface area (Å²) in [6.07, 6.45) is 4.95. The van der Waals surface area contributed by atoms with Crippen molar-refractivity contribution in [2.75, 3.05) is 18.4 Å².